The molecule has 0 aliphatic carbocycles. The summed E-state index contributed by atoms with van der Waals surface area (Å²) in [6.45, 7) is 0.219. The van der Waals surface area contributed by atoms with Crippen LogP contribution in [0.4, 0.5) is 0 Å². The smallest absolute Gasteiger partial charge is 0.268 e. The number of hydrogen-bond acceptors (Lipinski definition) is 4. The van der Waals surface area contributed by atoms with Crippen molar-refractivity contribution in [2.45, 2.75) is 6.54 Å². The molecule has 0 radical (unpaired) electrons. The summed E-state index contributed by atoms with van der Waals surface area (Å²) in [7, 11) is 0. The van der Waals surface area contributed by atoms with Crippen LogP contribution in [0.1, 0.15) is 21.6 Å². The molecule has 32 heavy (non-hydrogen) atoms. The zero-order chi connectivity index (χ0) is 22.3. The van der Waals surface area contributed by atoms with Crippen molar-refractivity contribution in [3.05, 3.63) is 118 Å². The zero-order valence-electron chi connectivity index (χ0n) is 17.1. The van der Waals surface area contributed by atoms with Gasteiger partial charge in [0.25, 0.3) is 17.4 Å². The number of aromatic nitrogens is 2. The summed E-state index contributed by atoms with van der Waals surface area (Å²) in [6.07, 6.45) is 2.95. The van der Waals surface area contributed by atoms with Crippen LogP contribution in [0.15, 0.2) is 95.8 Å². The van der Waals surface area contributed by atoms with Gasteiger partial charge in [-0.15, -0.1) is 0 Å². The van der Waals surface area contributed by atoms with Gasteiger partial charge < -0.3 is 0 Å². The van der Waals surface area contributed by atoms with Crippen LogP contribution in [0.2, 0.25) is 0 Å². The summed E-state index contributed by atoms with van der Waals surface area (Å²) < 4.78 is 1.25. The highest BCUT2D eigenvalue weighted by atomic mass is 16.2. The molecule has 1 aromatic heterocycles. The van der Waals surface area contributed by atoms with Gasteiger partial charge in [0, 0.05) is 11.5 Å². The van der Waals surface area contributed by atoms with Gasteiger partial charge in [-0.25, -0.2) is 4.68 Å². The monoisotopic (exact) mass is 424 g/mol. The number of hydrazine groups is 1. The minimum Gasteiger partial charge on any atom is -0.268 e. The quantitative estimate of drug-likeness (QED) is 0.381. The molecule has 0 fully saturated rings. The topological polar surface area (TPSA) is 93.1 Å². The zero-order valence-corrected chi connectivity index (χ0v) is 17.1. The van der Waals surface area contributed by atoms with Gasteiger partial charge in [-0.05, 0) is 23.3 Å². The molecule has 7 heteroatoms. The number of benzene rings is 3. The lowest BCUT2D eigenvalue weighted by Crippen LogP contribution is -2.42. The Morgan fingerprint density at radius 2 is 1.44 bits per heavy atom. The second-order valence-electron chi connectivity index (χ2n) is 7.03. The van der Waals surface area contributed by atoms with Crippen LogP contribution in [-0.4, -0.2) is 21.6 Å². The third-order valence-electron chi connectivity index (χ3n) is 4.78. The van der Waals surface area contributed by atoms with Crippen molar-refractivity contribution in [3.8, 4) is 0 Å². The van der Waals surface area contributed by atoms with Crippen molar-refractivity contribution in [1.82, 2.24) is 20.6 Å². The minimum absolute atomic E-state index is 0.0449. The molecule has 2 amide bonds. The lowest BCUT2D eigenvalue weighted by atomic mass is 10.1. The van der Waals surface area contributed by atoms with E-state index in [1.165, 1.54) is 10.8 Å². The van der Waals surface area contributed by atoms with E-state index in [-0.39, 0.29) is 17.8 Å². The van der Waals surface area contributed by atoms with Gasteiger partial charge in [-0.1, -0.05) is 78.9 Å². The third kappa shape index (κ3) is 4.79. The van der Waals surface area contributed by atoms with E-state index in [9.17, 15) is 14.4 Å². The Morgan fingerprint density at radius 3 is 2.16 bits per heavy atom. The SMILES string of the molecule is O=C(/C=C/c1ccccc1)NNC(=O)c1nn(Cc2ccccc2)c(=O)c2ccccc12. The van der Waals surface area contributed by atoms with E-state index >= 15 is 0 Å². The Bertz CT molecular complexity index is 1350. The van der Waals surface area contributed by atoms with E-state index in [0.29, 0.717) is 10.8 Å². The molecule has 1 heterocycles. The first-order chi connectivity index (χ1) is 15.6. The Kier molecular flexibility index (Phi) is 6.17. The lowest BCUT2D eigenvalue weighted by molar-refractivity contribution is -0.117. The summed E-state index contributed by atoms with van der Waals surface area (Å²) in [5, 5.41) is 5.07. The molecule has 0 unspecified atom stereocenters. The summed E-state index contributed by atoms with van der Waals surface area (Å²) >= 11 is 0. The highest BCUT2D eigenvalue weighted by molar-refractivity contribution is 6.05. The van der Waals surface area contributed by atoms with Crippen LogP contribution >= 0.6 is 0 Å². The van der Waals surface area contributed by atoms with E-state index < -0.39 is 11.8 Å². The number of carbonyl (C=O) groups is 2. The predicted molar refractivity (Wildman–Crippen MR) is 123 cm³/mol. The number of fused-ring (bicyclic) bond motifs is 1. The number of hydrogen-bond donors (Lipinski definition) is 2. The van der Waals surface area contributed by atoms with Crippen molar-refractivity contribution < 1.29 is 9.59 Å². The molecule has 0 bridgehead atoms. The van der Waals surface area contributed by atoms with E-state index in [1.807, 2.05) is 60.7 Å². The Balaban J connectivity index is 1.56. The first-order valence-corrected chi connectivity index (χ1v) is 9.99. The summed E-state index contributed by atoms with van der Waals surface area (Å²) in [5.74, 6) is -1.12. The van der Waals surface area contributed by atoms with E-state index in [4.69, 9.17) is 0 Å². The van der Waals surface area contributed by atoms with E-state index in [2.05, 4.69) is 16.0 Å². The van der Waals surface area contributed by atoms with Crippen LogP contribution in [0.3, 0.4) is 0 Å². The predicted octanol–water partition coefficient (Wildman–Crippen LogP) is 2.92. The van der Waals surface area contributed by atoms with Crippen LogP contribution < -0.4 is 16.4 Å². The van der Waals surface area contributed by atoms with Gasteiger partial charge in [-0.3, -0.25) is 25.2 Å². The summed E-state index contributed by atoms with van der Waals surface area (Å²) in [5.41, 5.74) is 6.20. The fourth-order valence-electron chi connectivity index (χ4n) is 3.22. The molecular weight excluding hydrogens is 404 g/mol. The first-order valence-electron chi connectivity index (χ1n) is 9.99. The minimum atomic E-state index is -0.621. The van der Waals surface area contributed by atoms with Gasteiger partial charge in [0.05, 0.1) is 11.9 Å². The molecule has 0 saturated carbocycles. The van der Waals surface area contributed by atoms with Crippen LogP contribution in [0.5, 0.6) is 0 Å². The third-order valence-corrected chi connectivity index (χ3v) is 4.78. The highest BCUT2D eigenvalue weighted by Gasteiger charge is 2.17. The molecule has 0 saturated heterocycles. The largest absolute Gasteiger partial charge is 0.290 e. The molecule has 7 nitrogen and oxygen atoms in total. The van der Waals surface area contributed by atoms with Crippen LogP contribution in [-0.2, 0) is 11.3 Å². The Morgan fingerprint density at radius 1 is 0.812 bits per heavy atom. The number of nitrogens with one attached hydrogen (secondary N) is 2. The van der Waals surface area contributed by atoms with E-state index in [0.717, 1.165) is 11.1 Å². The maximum Gasteiger partial charge on any atom is 0.290 e. The molecule has 0 aliphatic heterocycles. The molecule has 158 valence electrons. The van der Waals surface area contributed by atoms with Gasteiger partial charge in [-0.2, -0.15) is 5.10 Å². The fraction of sp³-hybridized carbons (Fsp3) is 0.0400. The number of carbonyl (C=O) groups excluding carboxylic acids is 2. The van der Waals surface area contributed by atoms with Gasteiger partial charge >= 0.3 is 0 Å². The summed E-state index contributed by atoms with van der Waals surface area (Å²) in [4.78, 5) is 37.8. The van der Waals surface area contributed by atoms with Gasteiger partial charge in [0.1, 0.15) is 0 Å². The van der Waals surface area contributed by atoms with Crippen molar-refractivity contribution in [1.29, 1.82) is 0 Å². The van der Waals surface area contributed by atoms with Crippen molar-refractivity contribution in [3.63, 3.8) is 0 Å². The second-order valence-corrected chi connectivity index (χ2v) is 7.03. The van der Waals surface area contributed by atoms with E-state index in [1.54, 1.807) is 30.3 Å². The standard InChI is InChI=1S/C25H20N4O3/c30-22(16-15-18-9-3-1-4-10-18)26-27-24(31)23-20-13-7-8-14-21(20)25(32)29(28-23)17-19-11-5-2-6-12-19/h1-16H,17H2,(H,26,30)(H,27,31)/b16-15+. The average molecular weight is 424 g/mol. The van der Waals surface area contributed by atoms with Crippen LogP contribution in [0.25, 0.3) is 16.8 Å². The first kappa shape index (κ1) is 20.7. The lowest BCUT2D eigenvalue weighted by Gasteiger charge is -2.11. The molecular formula is C25H20N4O3. The molecule has 0 atom stereocenters. The number of amides is 2. The van der Waals surface area contributed by atoms with Gasteiger partial charge in [0.2, 0.25) is 0 Å². The molecule has 2 N–H and O–H groups in total. The number of nitrogens with zero attached hydrogens (tertiary/aromatic N) is 2. The molecule has 3 aromatic carbocycles. The Hall–Kier alpha value is -4.52. The normalized spacial score (nSPS) is 10.9. The average Bonchev–Trinajstić information content (AvgIpc) is 2.84. The molecule has 0 aliphatic rings. The fourth-order valence-corrected chi connectivity index (χ4v) is 3.22. The Labute approximate surface area is 184 Å². The number of rotatable bonds is 5. The van der Waals surface area contributed by atoms with Crippen molar-refractivity contribution in [2.24, 2.45) is 0 Å². The molecule has 4 aromatic rings. The molecule has 4 rings (SSSR count). The van der Waals surface area contributed by atoms with Gasteiger partial charge in [0.15, 0.2) is 5.69 Å². The molecule has 0 spiro atoms. The van der Waals surface area contributed by atoms with Crippen molar-refractivity contribution >= 4 is 28.7 Å². The van der Waals surface area contributed by atoms with Crippen LogP contribution in [0, 0.1) is 0 Å². The maximum absolute atomic E-state index is 12.9. The van der Waals surface area contributed by atoms with Crippen molar-refractivity contribution in [2.75, 3.05) is 0 Å². The summed E-state index contributed by atoms with van der Waals surface area (Å²) in [6, 6.07) is 25.5. The maximum atomic E-state index is 12.9. The highest BCUT2D eigenvalue weighted by Crippen LogP contribution is 2.13. The second kappa shape index (κ2) is 9.53.